The lowest BCUT2D eigenvalue weighted by Gasteiger charge is -2.38. The molecule has 5 rings (SSSR count). The molecule has 1 amide bonds. The van der Waals surface area contributed by atoms with E-state index < -0.39 is 21.7 Å². The van der Waals surface area contributed by atoms with E-state index in [0.29, 0.717) is 44.8 Å². The van der Waals surface area contributed by atoms with Gasteiger partial charge in [-0.15, -0.1) is 11.3 Å². The second-order valence-electron chi connectivity index (χ2n) is 8.33. The zero-order valence-corrected chi connectivity index (χ0v) is 20.2. The monoisotopic (exact) mass is 523 g/mol. The molecule has 35 heavy (non-hydrogen) atoms. The molecule has 0 saturated carbocycles. The number of aromatic nitrogens is 1. The molecule has 2 aliphatic rings. The fourth-order valence-corrected chi connectivity index (χ4v) is 6.31. The first-order valence-electron chi connectivity index (χ1n) is 11.1. The van der Waals surface area contributed by atoms with Crippen molar-refractivity contribution in [1.29, 1.82) is 0 Å². The average Bonchev–Trinajstić information content (AvgIpc) is 3.50. The van der Waals surface area contributed by atoms with Crippen LogP contribution in [0.2, 0.25) is 0 Å². The molecule has 0 unspecified atom stereocenters. The third-order valence-corrected chi connectivity index (χ3v) is 8.49. The van der Waals surface area contributed by atoms with Crippen LogP contribution in [0, 0.1) is 11.6 Å². The second kappa shape index (κ2) is 9.51. The highest BCUT2D eigenvalue weighted by molar-refractivity contribution is 7.93. The van der Waals surface area contributed by atoms with Crippen LogP contribution in [-0.2, 0) is 14.8 Å². The number of carbonyl (C=O) groups is 1. The summed E-state index contributed by atoms with van der Waals surface area (Å²) in [6, 6.07) is 10.0. The summed E-state index contributed by atoms with van der Waals surface area (Å²) in [6.07, 6.45) is 2.15. The Bertz CT molecular complexity index is 1320. The number of hydrogen-bond donors (Lipinski definition) is 1. The molecule has 12 heteroatoms. The Balaban J connectivity index is 0.00000190. The Labute approximate surface area is 208 Å². The van der Waals surface area contributed by atoms with Crippen LogP contribution in [0.1, 0.15) is 9.27 Å². The van der Waals surface area contributed by atoms with Gasteiger partial charge in [-0.05, 0) is 42.8 Å². The number of sulfonamides is 1. The van der Waals surface area contributed by atoms with E-state index >= 15 is 0 Å². The number of anilines is 3. The summed E-state index contributed by atoms with van der Waals surface area (Å²) in [7, 11) is -3.77. The van der Waals surface area contributed by atoms with Crippen molar-refractivity contribution in [1.82, 2.24) is 9.88 Å². The van der Waals surface area contributed by atoms with Crippen LogP contribution in [0.4, 0.5) is 25.3 Å². The van der Waals surface area contributed by atoms with Gasteiger partial charge in [-0.25, -0.2) is 22.2 Å². The Morgan fingerprint density at radius 2 is 1.77 bits per heavy atom. The van der Waals surface area contributed by atoms with Crippen LogP contribution in [0.15, 0.2) is 58.9 Å². The zero-order valence-electron chi connectivity index (χ0n) is 18.6. The number of halogens is 2. The van der Waals surface area contributed by atoms with Crippen LogP contribution in [0.25, 0.3) is 0 Å². The molecule has 188 valence electrons. The largest absolute Gasteiger partial charge is 0.367 e. The van der Waals surface area contributed by atoms with Crippen LogP contribution < -0.4 is 14.5 Å². The molecule has 8 nitrogen and oxygen atoms in total. The Hall–Kier alpha value is -3.09. The lowest BCUT2D eigenvalue weighted by atomic mass is 10.1. The molecule has 0 radical (unpaired) electrons. The van der Waals surface area contributed by atoms with Gasteiger partial charge in [0.1, 0.15) is 0 Å². The quantitative estimate of drug-likeness (QED) is 0.531. The van der Waals surface area contributed by atoms with Crippen molar-refractivity contribution >= 4 is 43.8 Å². The van der Waals surface area contributed by atoms with Crippen molar-refractivity contribution in [3.05, 3.63) is 65.7 Å². The predicted octanol–water partition coefficient (Wildman–Crippen LogP) is 3.64. The summed E-state index contributed by atoms with van der Waals surface area (Å²) in [4.78, 5) is 22.7. The van der Waals surface area contributed by atoms with E-state index in [1.807, 2.05) is 0 Å². The minimum atomic E-state index is -3.77. The van der Waals surface area contributed by atoms with Gasteiger partial charge in [-0.2, -0.15) is 0 Å². The lowest BCUT2D eigenvalue weighted by Crippen LogP contribution is -2.52. The normalized spacial score (nSPS) is 19.4. The first kappa shape index (κ1) is 23.6. The molecule has 2 fully saturated rings. The van der Waals surface area contributed by atoms with Crippen molar-refractivity contribution in [2.75, 3.05) is 47.2 Å². The minimum absolute atomic E-state index is 0. The molecule has 2 aromatic carbocycles. The molecule has 2 saturated heterocycles. The van der Waals surface area contributed by atoms with Crippen molar-refractivity contribution in [2.45, 2.75) is 17.4 Å². The molecule has 1 aromatic heterocycles. The van der Waals surface area contributed by atoms with Gasteiger partial charge < -0.3 is 9.80 Å². The second-order valence-corrected chi connectivity index (χ2v) is 10.9. The zero-order chi connectivity index (χ0) is 24.6. The van der Waals surface area contributed by atoms with Crippen molar-refractivity contribution in [3.63, 3.8) is 0 Å². The van der Waals surface area contributed by atoms with Gasteiger partial charge in [0, 0.05) is 52.8 Å². The number of piperazine rings is 1. The van der Waals surface area contributed by atoms with E-state index in [4.69, 9.17) is 0 Å². The van der Waals surface area contributed by atoms with Crippen molar-refractivity contribution in [2.24, 2.45) is 0 Å². The first-order chi connectivity index (χ1) is 16.8. The van der Waals surface area contributed by atoms with Crippen LogP contribution in [0.3, 0.4) is 0 Å². The molecule has 1 N–H and O–H groups in total. The van der Waals surface area contributed by atoms with Gasteiger partial charge in [-0.3, -0.25) is 14.4 Å². The predicted molar refractivity (Wildman–Crippen MR) is 134 cm³/mol. The van der Waals surface area contributed by atoms with Crippen LogP contribution in [-0.4, -0.2) is 63.0 Å². The van der Waals surface area contributed by atoms with Crippen molar-refractivity contribution in [3.8, 4) is 0 Å². The topological polar surface area (TPSA) is 85.9 Å². The minimum Gasteiger partial charge on any atom is -0.367 e. The maximum Gasteiger partial charge on any atom is 0.263 e. The van der Waals surface area contributed by atoms with Gasteiger partial charge in [0.25, 0.3) is 10.0 Å². The molecule has 3 heterocycles. The molecular weight excluding hydrogens is 496 g/mol. The third-order valence-electron chi connectivity index (χ3n) is 6.32. The standard InChI is InChI=1S/C23H23F2N5O3S2.2H2/c24-18-2-1-3-19(21(18)25)28-11-13-29(14-12-28)20-8-10-30(22(20)31)16-4-6-17(7-5-16)35(32,33)27-23-26-9-15-34-23;;/h1-7,9,15,20H,8,10-14H2,(H,26,27);2*1H/t20-;;/m0../s1. The van der Waals surface area contributed by atoms with Gasteiger partial charge >= 0.3 is 0 Å². The highest BCUT2D eigenvalue weighted by Crippen LogP contribution is 2.28. The van der Waals surface area contributed by atoms with Gasteiger partial charge in [-0.1, -0.05) is 6.07 Å². The summed E-state index contributed by atoms with van der Waals surface area (Å²) >= 11 is 1.18. The number of carbonyl (C=O) groups excluding carboxylic acids is 1. The van der Waals surface area contributed by atoms with E-state index in [2.05, 4.69) is 14.6 Å². The first-order valence-corrected chi connectivity index (χ1v) is 13.5. The number of amides is 1. The van der Waals surface area contributed by atoms with E-state index in [0.717, 1.165) is 6.07 Å². The fourth-order valence-electron chi connectivity index (χ4n) is 4.52. The summed E-state index contributed by atoms with van der Waals surface area (Å²) < 4.78 is 55.2. The Kier molecular flexibility index (Phi) is 6.43. The maximum atomic E-state index is 14.1. The summed E-state index contributed by atoms with van der Waals surface area (Å²) in [5.74, 6) is -1.77. The Morgan fingerprint density at radius 3 is 2.46 bits per heavy atom. The summed E-state index contributed by atoms with van der Waals surface area (Å²) in [5, 5.41) is 1.96. The molecule has 0 spiro atoms. The number of nitrogens with zero attached hydrogens (tertiary/aromatic N) is 4. The number of thiazole rings is 1. The third kappa shape index (κ3) is 4.73. The number of nitrogens with one attached hydrogen (secondary N) is 1. The molecular formula is C23H27F2N5O3S2. The molecule has 2 aliphatic heterocycles. The fraction of sp³-hybridized carbons (Fsp3) is 0.304. The highest BCUT2D eigenvalue weighted by Gasteiger charge is 2.38. The Morgan fingerprint density at radius 1 is 1.03 bits per heavy atom. The van der Waals surface area contributed by atoms with Crippen LogP contribution >= 0.6 is 11.3 Å². The molecule has 1 atom stereocenters. The molecule has 0 aliphatic carbocycles. The number of benzene rings is 2. The summed E-state index contributed by atoms with van der Waals surface area (Å²) in [5.41, 5.74) is 0.870. The average molecular weight is 524 g/mol. The highest BCUT2D eigenvalue weighted by atomic mass is 32.2. The van der Waals surface area contributed by atoms with E-state index in [1.54, 1.807) is 33.4 Å². The smallest absolute Gasteiger partial charge is 0.263 e. The maximum absolute atomic E-state index is 14.1. The van der Waals surface area contributed by atoms with E-state index in [9.17, 15) is 22.0 Å². The van der Waals surface area contributed by atoms with E-state index in [1.165, 1.54) is 35.7 Å². The lowest BCUT2D eigenvalue weighted by molar-refractivity contribution is -0.121. The molecule has 0 bridgehead atoms. The van der Waals surface area contributed by atoms with Crippen molar-refractivity contribution < 1.29 is 24.8 Å². The number of hydrogen-bond acceptors (Lipinski definition) is 7. The van der Waals surface area contributed by atoms with E-state index in [-0.39, 0.29) is 30.5 Å². The van der Waals surface area contributed by atoms with Crippen LogP contribution in [0.5, 0.6) is 0 Å². The SMILES string of the molecule is O=C1[C@@H](N2CCN(c3cccc(F)c3F)CC2)CCN1c1ccc(S(=O)(=O)Nc2nccs2)cc1.[HH].[HH]. The van der Waals surface area contributed by atoms with Gasteiger partial charge in [0.2, 0.25) is 5.91 Å². The summed E-state index contributed by atoms with van der Waals surface area (Å²) in [6.45, 7) is 2.61. The van der Waals surface area contributed by atoms with Gasteiger partial charge in [0.15, 0.2) is 16.8 Å². The number of rotatable bonds is 6. The van der Waals surface area contributed by atoms with Gasteiger partial charge in [0.05, 0.1) is 16.6 Å². The molecule has 3 aromatic rings.